The van der Waals surface area contributed by atoms with E-state index in [1.807, 2.05) is 55.1 Å². The van der Waals surface area contributed by atoms with Crippen LogP contribution in [0.2, 0.25) is 0 Å². The summed E-state index contributed by atoms with van der Waals surface area (Å²) in [6, 6.07) is 10.5. The SMILES string of the molecule is C/C=C1\CC2C=Nc3cc(OCc4cc(OCCN(C)CC(C)(C)SCC(=O)N(C)CCOCCOCCOCCOCCC(=O)ON5C(=O)CCC5=O)cc(COc5cc6c(cc5OC)C(=O)N5C/C(=C/C)CC5CN6)n4)c(OC)cc3C(=O)N2C1. The number of fused-ring (bicyclic) bond motifs is 4. The Labute approximate surface area is 512 Å². The van der Waals surface area contributed by atoms with Gasteiger partial charge in [-0.05, 0) is 59.7 Å². The van der Waals surface area contributed by atoms with Crippen molar-refractivity contribution in [2.24, 2.45) is 4.99 Å². The Hall–Kier alpha value is -7.29. The standard InChI is InChI=1S/C62H82N8O16S/c1-9-41-25-45-33-63-50-31-54(52(77-7)29-48(50)60(75)68(45)35-41)84-37-43-27-47(28-44(65-43)38-85-55-32-51-49(30-53(55)78-8)61(76)69-36-42(10-2)26-46(69)34-64-51)83-18-14-66(5)40-62(3,4)87-39-58(73)67(6)15-17-80-20-22-82-24-23-81-21-19-79-16-13-59(74)86-70-56(71)11-12-57(70)72/h9-10,27-33,45-46,64H,11-26,34-40H2,1-8H3/b41-9+,42-10+. The first-order valence-corrected chi connectivity index (χ1v) is 30.4. The molecule has 3 fully saturated rings. The number of likely N-dealkylation sites (N-methyl/N-ethyl adjacent to an activating group) is 2. The van der Waals surface area contributed by atoms with Crippen molar-refractivity contribution in [3.63, 3.8) is 0 Å². The number of allylic oxidation sites excluding steroid dienone is 2. The number of aromatic nitrogens is 1. The van der Waals surface area contributed by atoms with Crippen LogP contribution in [0.4, 0.5) is 11.4 Å². The zero-order valence-corrected chi connectivity index (χ0v) is 52.0. The monoisotopic (exact) mass is 1230 g/mol. The highest BCUT2D eigenvalue weighted by Crippen LogP contribution is 2.41. The normalized spacial score (nSPS) is 18.1. The minimum absolute atomic E-state index is 0.00378. The largest absolute Gasteiger partial charge is 0.493 e. The third-order valence-electron chi connectivity index (χ3n) is 15.3. The number of pyridine rings is 1. The number of imide groups is 1. The van der Waals surface area contributed by atoms with E-state index in [1.165, 1.54) is 18.3 Å². The van der Waals surface area contributed by atoms with Crippen molar-refractivity contribution in [1.82, 2.24) is 29.6 Å². The highest BCUT2D eigenvalue weighted by molar-refractivity contribution is 8.01. The fourth-order valence-corrected chi connectivity index (χ4v) is 11.5. The molecule has 0 aliphatic carbocycles. The van der Waals surface area contributed by atoms with Crippen molar-refractivity contribution in [2.75, 3.05) is 138 Å². The van der Waals surface area contributed by atoms with Crippen molar-refractivity contribution in [3.05, 3.63) is 82.2 Å². The number of thioether (sulfide) groups is 1. The molecule has 472 valence electrons. The predicted octanol–water partition coefficient (Wildman–Crippen LogP) is 6.06. The van der Waals surface area contributed by atoms with Gasteiger partial charge in [0.2, 0.25) is 5.91 Å². The molecule has 2 atom stereocenters. The molecule has 0 radical (unpaired) electrons. The molecule has 0 bridgehead atoms. The van der Waals surface area contributed by atoms with Crippen LogP contribution in [0.15, 0.2) is 64.7 Å². The van der Waals surface area contributed by atoms with Crippen LogP contribution in [0.1, 0.15) is 91.9 Å². The molecule has 3 aromatic rings. The lowest BCUT2D eigenvalue weighted by atomic mass is 10.1. The summed E-state index contributed by atoms with van der Waals surface area (Å²) in [6.45, 7) is 14.4. The van der Waals surface area contributed by atoms with Crippen LogP contribution < -0.4 is 29.0 Å². The van der Waals surface area contributed by atoms with E-state index in [2.05, 4.69) is 36.2 Å². The number of carbonyl (C=O) groups is 6. The van der Waals surface area contributed by atoms with Gasteiger partial charge in [0.25, 0.3) is 23.6 Å². The molecule has 2 unspecified atom stereocenters. The second-order valence-electron chi connectivity index (χ2n) is 22.2. The van der Waals surface area contributed by atoms with Gasteiger partial charge in [-0.2, -0.15) is 0 Å². The van der Waals surface area contributed by atoms with Crippen LogP contribution in [0, 0.1) is 0 Å². The molecule has 5 amide bonds. The predicted molar refractivity (Wildman–Crippen MR) is 324 cm³/mol. The van der Waals surface area contributed by atoms with Gasteiger partial charge < -0.3 is 72.4 Å². The Balaban J connectivity index is 0.785. The molecule has 5 aliphatic heterocycles. The van der Waals surface area contributed by atoms with Gasteiger partial charge in [0.05, 0.1) is 125 Å². The highest BCUT2D eigenvalue weighted by atomic mass is 32.2. The number of nitrogens with zero attached hydrogens (tertiary/aromatic N) is 7. The first kappa shape index (κ1) is 65.7. The maximum atomic E-state index is 13.8. The maximum absolute atomic E-state index is 13.8. The average Bonchev–Trinajstić information content (AvgIpc) is 3.25. The maximum Gasteiger partial charge on any atom is 0.335 e. The summed E-state index contributed by atoms with van der Waals surface area (Å²) in [5.74, 6) is 0.508. The van der Waals surface area contributed by atoms with Gasteiger partial charge in [-0.15, -0.1) is 16.8 Å². The third-order valence-corrected chi connectivity index (χ3v) is 16.6. The number of hydrogen-bond acceptors (Lipinski definition) is 21. The molecule has 1 N–H and O–H groups in total. The summed E-state index contributed by atoms with van der Waals surface area (Å²) in [4.78, 5) is 97.8. The van der Waals surface area contributed by atoms with Gasteiger partial charge in [-0.3, -0.25) is 33.9 Å². The number of rotatable bonds is 33. The van der Waals surface area contributed by atoms with Gasteiger partial charge in [-0.1, -0.05) is 23.3 Å². The fraction of sp³-hybridized carbons (Fsp3) is 0.548. The average molecular weight is 1230 g/mol. The Kier molecular flexibility index (Phi) is 23.8. The lowest BCUT2D eigenvalue weighted by Gasteiger charge is -2.30. The lowest BCUT2D eigenvalue weighted by Crippen LogP contribution is -2.38. The quantitative estimate of drug-likeness (QED) is 0.0413. The summed E-state index contributed by atoms with van der Waals surface area (Å²) < 4.78 is 52.7. The Bertz CT molecular complexity index is 3030. The molecule has 87 heavy (non-hydrogen) atoms. The number of carbonyl (C=O) groups excluding carboxylic acids is 6. The molecule has 6 heterocycles. The molecule has 1 aromatic heterocycles. The smallest absolute Gasteiger partial charge is 0.335 e. The van der Waals surface area contributed by atoms with Crippen molar-refractivity contribution in [3.8, 4) is 28.7 Å². The zero-order valence-electron chi connectivity index (χ0n) is 51.2. The van der Waals surface area contributed by atoms with Crippen LogP contribution in [-0.4, -0.2) is 221 Å². The van der Waals surface area contributed by atoms with E-state index in [9.17, 15) is 28.8 Å². The Morgan fingerprint density at radius 1 is 0.701 bits per heavy atom. The van der Waals surface area contributed by atoms with E-state index in [4.69, 9.17) is 57.4 Å². The fourth-order valence-electron chi connectivity index (χ4n) is 10.4. The first-order chi connectivity index (χ1) is 42.0. The van der Waals surface area contributed by atoms with Crippen molar-refractivity contribution in [1.29, 1.82) is 0 Å². The van der Waals surface area contributed by atoms with Crippen LogP contribution in [0.3, 0.4) is 0 Å². The summed E-state index contributed by atoms with van der Waals surface area (Å²) in [5.41, 5.74) is 5.64. The lowest BCUT2D eigenvalue weighted by molar-refractivity contribution is -0.198. The molecule has 0 saturated carbocycles. The third kappa shape index (κ3) is 18.2. The van der Waals surface area contributed by atoms with Gasteiger partial charge in [-0.25, -0.2) is 4.79 Å². The van der Waals surface area contributed by atoms with Gasteiger partial charge in [0, 0.05) is 94.4 Å². The van der Waals surface area contributed by atoms with E-state index >= 15 is 0 Å². The minimum Gasteiger partial charge on any atom is -0.493 e. The van der Waals surface area contributed by atoms with Crippen LogP contribution >= 0.6 is 11.8 Å². The summed E-state index contributed by atoms with van der Waals surface area (Å²) in [7, 11) is 6.86. The van der Waals surface area contributed by atoms with E-state index in [1.54, 1.807) is 49.0 Å². The molecule has 25 heteroatoms. The molecule has 0 spiro atoms. The van der Waals surface area contributed by atoms with Crippen molar-refractivity contribution < 1.29 is 76.2 Å². The molecule has 8 rings (SSSR count). The molecule has 24 nitrogen and oxygen atoms in total. The number of anilines is 1. The molecule has 3 saturated heterocycles. The number of nitrogens with one attached hydrogen (secondary N) is 1. The number of ether oxygens (including phenoxy) is 9. The van der Waals surface area contributed by atoms with E-state index in [0.717, 1.165) is 12.8 Å². The Morgan fingerprint density at radius 3 is 1.93 bits per heavy atom. The van der Waals surface area contributed by atoms with Gasteiger partial charge >= 0.3 is 5.97 Å². The van der Waals surface area contributed by atoms with Crippen LogP contribution in [-0.2, 0) is 56.2 Å². The Morgan fingerprint density at radius 2 is 1.29 bits per heavy atom. The molecule has 2 aromatic carbocycles. The number of hydrogen-bond donors (Lipinski definition) is 1. The van der Waals surface area contributed by atoms with Gasteiger partial charge in [0.15, 0.2) is 23.0 Å². The minimum atomic E-state index is -0.721. The second-order valence-corrected chi connectivity index (χ2v) is 23.9. The second kappa shape index (κ2) is 31.6. The highest BCUT2D eigenvalue weighted by Gasteiger charge is 2.38. The number of amides is 5. The zero-order chi connectivity index (χ0) is 62.0. The molecular formula is C62H82N8O16S. The van der Waals surface area contributed by atoms with Crippen LogP contribution in [0.5, 0.6) is 28.7 Å². The number of methoxy groups -OCH3 is 2. The van der Waals surface area contributed by atoms with Crippen molar-refractivity contribution in [2.45, 2.75) is 89.8 Å². The summed E-state index contributed by atoms with van der Waals surface area (Å²) in [5, 5.41) is 3.99. The number of benzene rings is 2. The molecular weight excluding hydrogens is 1140 g/mol. The van der Waals surface area contributed by atoms with E-state index in [-0.39, 0.29) is 80.2 Å². The van der Waals surface area contributed by atoms with E-state index in [0.29, 0.717) is 159 Å². The summed E-state index contributed by atoms with van der Waals surface area (Å²) in [6.07, 6.45) is 7.49. The van der Waals surface area contributed by atoms with E-state index < -0.39 is 17.8 Å². The van der Waals surface area contributed by atoms with Crippen LogP contribution in [0.25, 0.3) is 0 Å². The number of aliphatic imine (C=N–C) groups is 1. The van der Waals surface area contributed by atoms with Crippen molar-refractivity contribution >= 4 is 64.9 Å². The summed E-state index contributed by atoms with van der Waals surface area (Å²) >= 11 is 1.58. The number of hydroxylamine groups is 2. The topological polar surface area (TPSA) is 248 Å². The van der Waals surface area contributed by atoms with Gasteiger partial charge in [0.1, 0.15) is 25.6 Å². The molecule has 5 aliphatic rings. The first-order valence-electron chi connectivity index (χ1n) is 29.4.